The molecule has 1 saturated heterocycles. The van der Waals surface area contributed by atoms with Crippen molar-refractivity contribution in [3.63, 3.8) is 0 Å². The number of nitrogens with zero attached hydrogens (tertiary/aromatic N) is 5. The Labute approximate surface area is 153 Å². The summed E-state index contributed by atoms with van der Waals surface area (Å²) >= 11 is 0. The Morgan fingerprint density at radius 3 is 2.69 bits per heavy atom. The molecule has 8 nitrogen and oxygen atoms in total. The second kappa shape index (κ2) is 7.71. The fraction of sp³-hybridized carbons (Fsp3) is 0.588. The first-order valence-electron chi connectivity index (χ1n) is 8.93. The lowest BCUT2D eigenvalue weighted by Gasteiger charge is -2.31. The quantitative estimate of drug-likeness (QED) is 0.739. The highest BCUT2D eigenvalue weighted by molar-refractivity contribution is 7.89. The molecule has 0 spiro atoms. The molecule has 1 unspecified atom stereocenters. The van der Waals surface area contributed by atoms with Gasteiger partial charge in [-0.2, -0.15) is 5.10 Å². The SMILES string of the molecule is CCn1c(C2CCCN(S(=O)(=O)CCc3ccncc3)C2)nn(C)c1=O. The summed E-state index contributed by atoms with van der Waals surface area (Å²) in [6.45, 7) is 3.35. The number of aromatic nitrogens is 4. The van der Waals surface area contributed by atoms with Gasteiger partial charge in [0.05, 0.1) is 5.75 Å². The summed E-state index contributed by atoms with van der Waals surface area (Å²) in [5.74, 6) is 0.717. The third-order valence-corrected chi connectivity index (χ3v) is 6.73. The van der Waals surface area contributed by atoms with Crippen molar-refractivity contribution in [2.45, 2.75) is 38.6 Å². The molecule has 2 aromatic rings. The maximum Gasteiger partial charge on any atom is 0.345 e. The van der Waals surface area contributed by atoms with Crippen molar-refractivity contribution in [1.29, 1.82) is 0 Å². The standard InChI is InChI=1S/C17H25N5O3S/c1-3-22-16(19-20(2)17(22)23)15-5-4-11-21(13-15)26(24,25)12-8-14-6-9-18-10-7-14/h6-7,9-10,15H,3-5,8,11-13H2,1-2H3. The normalized spacial score (nSPS) is 18.9. The van der Waals surface area contributed by atoms with Gasteiger partial charge in [0.1, 0.15) is 5.82 Å². The molecule has 0 bridgehead atoms. The average Bonchev–Trinajstić information content (AvgIpc) is 2.95. The molecular formula is C17H25N5O3S. The Morgan fingerprint density at radius 1 is 1.27 bits per heavy atom. The van der Waals surface area contributed by atoms with Gasteiger partial charge < -0.3 is 0 Å². The Kier molecular flexibility index (Phi) is 5.57. The van der Waals surface area contributed by atoms with Crippen LogP contribution in [-0.4, -0.2) is 50.9 Å². The highest BCUT2D eigenvalue weighted by atomic mass is 32.2. The van der Waals surface area contributed by atoms with Crippen LogP contribution in [0.1, 0.15) is 37.1 Å². The van der Waals surface area contributed by atoms with Crippen LogP contribution in [0.4, 0.5) is 0 Å². The van der Waals surface area contributed by atoms with E-state index in [1.807, 2.05) is 19.1 Å². The first-order valence-corrected chi connectivity index (χ1v) is 10.5. The summed E-state index contributed by atoms with van der Waals surface area (Å²) < 4.78 is 30.1. The van der Waals surface area contributed by atoms with Crippen LogP contribution in [0.2, 0.25) is 0 Å². The van der Waals surface area contributed by atoms with Crippen LogP contribution >= 0.6 is 0 Å². The van der Waals surface area contributed by atoms with E-state index in [4.69, 9.17) is 0 Å². The van der Waals surface area contributed by atoms with Gasteiger partial charge in [-0.1, -0.05) is 0 Å². The molecule has 0 N–H and O–H groups in total. The van der Waals surface area contributed by atoms with Crippen LogP contribution in [0, 0.1) is 0 Å². The first kappa shape index (κ1) is 18.8. The molecular weight excluding hydrogens is 354 g/mol. The van der Waals surface area contributed by atoms with E-state index in [1.54, 1.807) is 28.3 Å². The molecule has 1 atom stereocenters. The van der Waals surface area contributed by atoms with Crippen LogP contribution in [-0.2, 0) is 30.0 Å². The van der Waals surface area contributed by atoms with E-state index in [2.05, 4.69) is 10.1 Å². The van der Waals surface area contributed by atoms with Gasteiger partial charge in [0, 0.05) is 45.0 Å². The van der Waals surface area contributed by atoms with E-state index in [9.17, 15) is 13.2 Å². The predicted octanol–water partition coefficient (Wildman–Crippen LogP) is 0.749. The minimum atomic E-state index is -3.35. The summed E-state index contributed by atoms with van der Waals surface area (Å²) in [5, 5.41) is 4.35. The third kappa shape index (κ3) is 3.88. The summed E-state index contributed by atoms with van der Waals surface area (Å²) in [4.78, 5) is 16.1. The van der Waals surface area contributed by atoms with Gasteiger partial charge in [-0.15, -0.1) is 0 Å². The van der Waals surface area contributed by atoms with Crippen molar-refractivity contribution in [2.75, 3.05) is 18.8 Å². The second-order valence-corrected chi connectivity index (χ2v) is 8.72. The zero-order chi connectivity index (χ0) is 18.7. The number of sulfonamides is 1. The smallest absolute Gasteiger partial charge is 0.279 e. The number of hydrogen-bond acceptors (Lipinski definition) is 5. The molecule has 3 heterocycles. The number of pyridine rings is 1. The van der Waals surface area contributed by atoms with Gasteiger partial charge in [-0.3, -0.25) is 9.55 Å². The molecule has 142 valence electrons. The van der Waals surface area contributed by atoms with Crippen molar-refractivity contribution in [3.8, 4) is 0 Å². The van der Waals surface area contributed by atoms with Gasteiger partial charge in [-0.05, 0) is 43.9 Å². The molecule has 9 heteroatoms. The molecule has 2 aromatic heterocycles. The predicted molar refractivity (Wildman–Crippen MR) is 98.4 cm³/mol. The molecule has 1 aliphatic rings. The van der Waals surface area contributed by atoms with E-state index < -0.39 is 10.0 Å². The van der Waals surface area contributed by atoms with Crippen LogP contribution in [0.25, 0.3) is 0 Å². The topological polar surface area (TPSA) is 90.1 Å². The van der Waals surface area contributed by atoms with Crippen molar-refractivity contribution in [3.05, 3.63) is 46.4 Å². The van der Waals surface area contributed by atoms with Gasteiger partial charge >= 0.3 is 5.69 Å². The number of piperidine rings is 1. The third-order valence-electron chi connectivity index (χ3n) is 4.89. The molecule has 0 aliphatic carbocycles. The van der Waals surface area contributed by atoms with Crippen LogP contribution in [0.3, 0.4) is 0 Å². The summed E-state index contributed by atoms with van der Waals surface area (Å²) in [6.07, 6.45) is 5.42. The fourth-order valence-electron chi connectivity index (χ4n) is 3.45. The molecule has 0 saturated carbocycles. The summed E-state index contributed by atoms with van der Waals surface area (Å²) in [5.41, 5.74) is 0.807. The fourth-order valence-corrected chi connectivity index (χ4v) is 5.02. The van der Waals surface area contributed by atoms with Gasteiger partial charge in [-0.25, -0.2) is 22.2 Å². The highest BCUT2D eigenvalue weighted by Crippen LogP contribution is 2.27. The summed E-state index contributed by atoms with van der Waals surface area (Å²) in [6, 6.07) is 3.67. The maximum absolute atomic E-state index is 12.8. The zero-order valence-corrected chi connectivity index (χ0v) is 16.0. The van der Waals surface area contributed by atoms with Crippen molar-refractivity contribution < 1.29 is 8.42 Å². The van der Waals surface area contributed by atoms with Crippen molar-refractivity contribution in [2.24, 2.45) is 7.05 Å². The zero-order valence-electron chi connectivity index (χ0n) is 15.2. The number of hydrogen-bond donors (Lipinski definition) is 0. The lowest BCUT2D eigenvalue weighted by Crippen LogP contribution is -2.41. The van der Waals surface area contributed by atoms with Crippen LogP contribution < -0.4 is 5.69 Å². The number of aryl methyl sites for hydroxylation is 2. The Morgan fingerprint density at radius 2 is 2.00 bits per heavy atom. The minimum absolute atomic E-state index is 0.0479. The van der Waals surface area contributed by atoms with E-state index in [1.165, 1.54) is 4.68 Å². The molecule has 26 heavy (non-hydrogen) atoms. The van der Waals surface area contributed by atoms with Crippen LogP contribution in [0.5, 0.6) is 0 Å². The lowest BCUT2D eigenvalue weighted by atomic mass is 9.99. The van der Waals surface area contributed by atoms with Crippen molar-refractivity contribution in [1.82, 2.24) is 23.6 Å². The second-order valence-electron chi connectivity index (χ2n) is 6.63. The van der Waals surface area contributed by atoms with Gasteiger partial charge in [0.2, 0.25) is 10.0 Å². The average molecular weight is 379 g/mol. The lowest BCUT2D eigenvalue weighted by molar-refractivity contribution is 0.304. The highest BCUT2D eigenvalue weighted by Gasteiger charge is 2.32. The Hall–Kier alpha value is -2.00. The van der Waals surface area contributed by atoms with E-state index in [0.29, 0.717) is 31.9 Å². The van der Waals surface area contributed by atoms with Gasteiger partial charge in [0.25, 0.3) is 0 Å². The monoisotopic (exact) mass is 379 g/mol. The minimum Gasteiger partial charge on any atom is -0.279 e. The van der Waals surface area contributed by atoms with Crippen LogP contribution in [0.15, 0.2) is 29.3 Å². The largest absolute Gasteiger partial charge is 0.345 e. The van der Waals surface area contributed by atoms with E-state index >= 15 is 0 Å². The van der Waals surface area contributed by atoms with E-state index in [-0.39, 0.29) is 17.4 Å². The summed E-state index contributed by atoms with van der Waals surface area (Å²) in [7, 11) is -1.73. The van der Waals surface area contributed by atoms with Gasteiger partial charge in [0.15, 0.2) is 0 Å². The Balaban J connectivity index is 1.73. The maximum atomic E-state index is 12.8. The molecule has 0 aromatic carbocycles. The molecule has 3 rings (SSSR count). The molecule has 1 fully saturated rings. The first-order chi connectivity index (χ1) is 12.4. The number of rotatable bonds is 6. The van der Waals surface area contributed by atoms with Crippen molar-refractivity contribution >= 4 is 10.0 Å². The van der Waals surface area contributed by atoms with E-state index in [0.717, 1.165) is 18.4 Å². The Bertz CT molecular complexity index is 904. The molecule has 0 amide bonds. The molecule has 1 aliphatic heterocycles. The molecule has 0 radical (unpaired) electrons.